The summed E-state index contributed by atoms with van der Waals surface area (Å²) in [5.41, 5.74) is 2.48. The van der Waals surface area contributed by atoms with E-state index in [0.29, 0.717) is 10.8 Å². The van der Waals surface area contributed by atoms with Crippen LogP contribution in [0.25, 0.3) is 21.7 Å². The van der Waals surface area contributed by atoms with Gasteiger partial charge in [0.2, 0.25) is 5.91 Å². The molecular formula is C20H19N3O4S. The minimum absolute atomic E-state index is 0.232. The van der Waals surface area contributed by atoms with Crippen molar-refractivity contribution >= 4 is 28.3 Å². The molecule has 144 valence electrons. The fourth-order valence-corrected chi connectivity index (χ4v) is 3.51. The number of hydrogen-bond donors (Lipinski definition) is 1. The third kappa shape index (κ3) is 4.72. The predicted octanol–water partition coefficient (Wildman–Crippen LogP) is 3.77. The van der Waals surface area contributed by atoms with Gasteiger partial charge in [0.15, 0.2) is 5.13 Å². The predicted molar refractivity (Wildman–Crippen MR) is 107 cm³/mol. The maximum absolute atomic E-state index is 12.1. The van der Waals surface area contributed by atoms with Gasteiger partial charge in [0.05, 0.1) is 24.3 Å². The number of hydrogen-bond acceptors (Lipinski definition) is 7. The molecule has 0 aliphatic heterocycles. The molecule has 1 aromatic carbocycles. The van der Waals surface area contributed by atoms with Crippen LogP contribution in [0.4, 0.5) is 5.13 Å². The monoisotopic (exact) mass is 397 g/mol. The van der Waals surface area contributed by atoms with Crippen LogP contribution in [-0.2, 0) is 14.3 Å². The van der Waals surface area contributed by atoms with Crippen molar-refractivity contribution in [1.82, 2.24) is 9.97 Å². The molecule has 0 saturated heterocycles. The standard InChI is InChI=1S/C20H19N3O4S/c1-3-27-17(25)11-16(24)22-20-23-18(13-6-8-15(26-2)9-7-13)19(28-20)14-5-4-10-21-12-14/h4-10,12H,3,11H2,1-2H3,(H,22,23,24). The van der Waals surface area contributed by atoms with Crippen molar-refractivity contribution in [1.29, 1.82) is 0 Å². The van der Waals surface area contributed by atoms with Gasteiger partial charge in [0, 0.05) is 23.5 Å². The number of ether oxygens (including phenoxy) is 2. The lowest BCUT2D eigenvalue weighted by atomic mass is 10.1. The Morgan fingerprint density at radius 1 is 1.14 bits per heavy atom. The zero-order valence-electron chi connectivity index (χ0n) is 15.5. The summed E-state index contributed by atoms with van der Waals surface area (Å²) in [5, 5.41) is 3.08. The number of carbonyl (C=O) groups excluding carboxylic acids is 2. The summed E-state index contributed by atoms with van der Waals surface area (Å²) in [6, 6.07) is 11.3. The number of pyridine rings is 1. The van der Waals surface area contributed by atoms with Crippen molar-refractivity contribution in [2.24, 2.45) is 0 Å². The van der Waals surface area contributed by atoms with E-state index in [1.807, 2.05) is 36.4 Å². The van der Waals surface area contributed by atoms with Gasteiger partial charge in [-0.05, 0) is 37.3 Å². The van der Waals surface area contributed by atoms with Crippen LogP contribution in [0.1, 0.15) is 13.3 Å². The van der Waals surface area contributed by atoms with E-state index in [0.717, 1.165) is 21.8 Å². The average molecular weight is 397 g/mol. The molecule has 28 heavy (non-hydrogen) atoms. The second kappa shape index (κ2) is 9.09. The molecule has 8 heteroatoms. The second-order valence-electron chi connectivity index (χ2n) is 5.70. The van der Waals surface area contributed by atoms with Gasteiger partial charge in [0.1, 0.15) is 12.2 Å². The molecule has 0 fully saturated rings. The number of aromatic nitrogens is 2. The van der Waals surface area contributed by atoms with E-state index < -0.39 is 11.9 Å². The van der Waals surface area contributed by atoms with Crippen LogP contribution in [0.3, 0.4) is 0 Å². The SMILES string of the molecule is CCOC(=O)CC(=O)Nc1nc(-c2ccc(OC)cc2)c(-c2cccnc2)s1. The van der Waals surface area contributed by atoms with Crippen molar-refractivity contribution in [2.45, 2.75) is 13.3 Å². The molecule has 0 radical (unpaired) electrons. The molecule has 3 aromatic rings. The Hall–Kier alpha value is -3.26. The summed E-state index contributed by atoms with van der Waals surface area (Å²) in [4.78, 5) is 33.2. The van der Waals surface area contributed by atoms with Gasteiger partial charge >= 0.3 is 5.97 Å². The first kappa shape index (κ1) is 19.5. The molecule has 3 rings (SSSR count). The molecule has 7 nitrogen and oxygen atoms in total. The summed E-state index contributed by atoms with van der Waals surface area (Å²) in [7, 11) is 1.61. The summed E-state index contributed by atoms with van der Waals surface area (Å²) >= 11 is 1.32. The molecule has 2 heterocycles. The summed E-state index contributed by atoms with van der Waals surface area (Å²) < 4.78 is 10.0. The zero-order valence-corrected chi connectivity index (χ0v) is 16.3. The molecule has 1 amide bonds. The molecule has 2 aromatic heterocycles. The zero-order chi connectivity index (χ0) is 19.9. The largest absolute Gasteiger partial charge is 0.497 e. The molecule has 0 unspecified atom stereocenters. The Kier molecular flexibility index (Phi) is 6.33. The van der Waals surface area contributed by atoms with Crippen molar-refractivity contribution in [3.05, 3.63) is 48.8 Å². The maximum atomic E-state index is 12.1. The molecule has 1 N–H and O–H groups in total. The minimum atomic E-state index is -0.570. The fourth-order valence-electron chi connectivity index (χ4n) is 2.52. The fraction of sp³-hybridized carbons (Fsp3) is 0.200. The van der Waals surface area contributed by atoms with Gasteiger partial charge < -0.3 is 14.8 Å². The van der Waals surface area contributed by atoms with Gasteiger partial charge in [-0.2, -0.15) is 0 Å². The van der Waals surface area contributed by atoms with Crippen molar-refractivity contribution < 1.29 is 19.1 Å². The Morgan fingerprint density at radius 2 is 1.93 bits per heavy atom. The Morgan fingerprint density at radius 3 is 2.57 bits per heavy atom. The number of benzene rings is 1. The van der Waals surface area contributed by atoms with E-state index in [9.17, 15) is 9.59 Å². The van der Waals surface area contributed by atoms with Gasteiger partial charge in [-0.15, -0.1) is 0 Å². The summed E-state index contributed by atoms with van der Waals surface area (Å²) in [5.74, 6) is -0.296. The van der Waals surface area contributed by atoms with Gasteiger partial charge in [0.25, 0.3) is 0 Å². The van der Waals surface area contributed by atoms with Crippen LogP contribution in [0.5, 0.6) is 5.75 Å². The van der Waals surface area contributed by atoms with Crippen LogP contribution >= 0.6 is 11.3 Å². The number of esters is 1. The van der Waals surface area contributed by atoms with Crippen LogP contribution in [0, 0.1) is 0 Å². The molecule has 0 aliphatic carbocycles. The van der Waals surface area contributed by atoms with Crippen LogP contribution in [0.15, 0.2) is 48.8 Å². The van der Waals surface area contributed by atoms with E-state index >= 15 is 0 Å². The highest BCUT2D eigenvalue weighted by Gasteiger charge is 2.18. The third-order valence-electron chi connectivity index (χ3n) is 3.77. The number of methoxy groups -OCH3 is 1. The van der Waals surface area contributed by atoms with Crippen molar-refractivity contribution in [3.63, 3.8) is 0 Å². The Labute approximate surface area is 166 Å². The van der Waals surface area contributed by atoms with Gasteiger partial charge in [-0.25, -0.2) is 4.98 Å². The number of nitrogens with zero attached hydrogens (tertiary/aromatic N) is 2. The third-order valence-corrected chi connectivity index (χ3v) is 4.79. The van der Waals surface area contributed by atoms with Crippen molar-refractivity contribution in [3.8, 4) is 27.4 Å². The van der Waals surface area contributed by atoms with E-state index in [-0.39, 0.29) is 13.0 Å². The highest BCUT2D eigenvalue weighted by Crippen LogP contribution is 2.39. The summed E-state index contributed by atoms with van der Waals surface area (Å²) in [6.45, 7) is 1.92. The van der Waals surface area contributed by atoms with E-state index in [4.69, 9.17) is 9.47 Å². The van der Waals surface area contributed by atoms with E-state index in [1.54, 1.807) is 26.4 Å². The molecule has 0 saturated carbocycles. The lowest BCUT2D eigenvalue weighted by molar-refractivity contribution is -0.145. The van der Waals surface area contributed by atoms with Gasteiger partial charge in [-0.3, -0.25) is 14.6 Å². The lowest BCUT2D eigenvalue weighted by Crippen LogP contribution is -2.18. The number of thiazole rings is 1. The molecule has 0 atom stereocenters. The van der Waals surface area contributed by atoms with E-state index in [2.05, 4.69) is 15.3 Å². The van der Waals surface area contributed by atoms with Crippen LogP contribution < -0.4 is 10.1 Å². The normalized spacial score (nSPS) is 10.4. The first-order valence-corrected chi connectivity index (χ1v) is 9.43. The highest BCUT2D eigenvalue weighted by atomic mass is 32.1. The number of anilines is 1. The number of carbonyl (C=O) groups is 2. The highest BCUT2D eigenvalue weighted by molar-refractivity contribution is 7.19. The van der Waals surface area contributed by atoms with Crippen LogP contribution in [0.2, 0.25) is 0 Å². The van der Waals surface area contributed by atoms with Crippen LogP contribution in [-0.4, -0.2) is 35.6 Å². The quantitative estimate of drug-likeness (QED) is 0.482. The molecule has 0 bridgehead atoms. The first-order valence-electron chi connectivity index (χ1n) is 8.61. The number of nitrogens with one attached hydrogen (secondary N) is 1. The minimum Gasteiger partial charge on any atom is -0.497 e. The number of amides is 1. The average Bonchev–Trinajstić information content (AvgIpc) is 3.12. The summed E-state index contributed by atoms with van der Waals surface area (Å²) in [6.07, 6.45) is 3.08. The smallest absolute Gasteiger partial charge is 0.315 e. The molecular weight excluding hydrogens is 378 g/mol. The Balaban J connectivity index is 1.91. The molecule has 0 spiro atoms. The van der Waals surface area contributed by atoms with Gasteiger partial charge in [-0.1, -0.05) is 17.4 Å². The first-order chi connectivity index (χ1) is 13.6. The Bertz CT molecular complexity index is 955. The topological polar surface area (TPSA) is 90.4 Å². The lowest BCUT2D eigenvalue weighted by Gasteiger charge is -2.04. The number of rotatable bonds is 7. The van der Waals surface area contributed by atoms with E-state index in [1.165, 1.54) is 11.3 Å². The second-order valence-corrected chi connectivity index (χ2v) is 6.70. The maximum Gasteiger partial charge on any atom is 0.315 e. The molecule has 0 aliphatic rings. The van der Waals surface area contributed by atoms with Crippen molar-refractivity contribution in [2.75, 3.05) is 19.0 Å².